The number of nitrogens with one attached hydrogen (secondary N) is 1. The molecule has 2 N–H and O–H groups in total. The van der Waals surface area contributed by atoms with Crippen LogP contribution in [0.25, 0.3) is 11.5 Å². The quantitative estimate of drug-likeness (QED) is 0.743. The molecule has 2 heterocycles. The first-order valence-electron chi connectivity index (χ1n) is 4.51. The van der Waals surface area contributed by atoms with Gasteiger partial charge in [-0.15, -0.1) is 0 Å². The van der Waals surface area contributed by atoms with Crippen molar-refractivity contribution in [3.8, 4) is 17.4 Å². The van der Waals surface area contributed by atoms with Crippen molar-refractivity contribution in [1.82, 2.24) is 19.5 Å². The van der Waals surface area contributed by atoms with Crippen LogP contribution in [0.2, 0.25) is 0 Å². The molecular formula is C9H10N4O2. The van der Waals surface area contributed by atoms with Gasteiger partial charge in [-0.3, -0.25) is 4.79 Å². The highest BCUT2D eigenvalue weighted by atomic mass is 16.3. The monoisotopic (exact) mass is 206 g/mol. The number of rotatable bonds is 2. The smallest absolute Gasteiger partial charge is 0.255 e. The molecule has 2 rings (SSSR count). The molecule has 78 valence electrons. The van der Waals surface area contributed by atoms with E-state index < -0.39 is 0 Å². The summed E-state index contributed by atoms with van der Waals surface area (Å²) in [6.45, 7) is 2.67. The number of aromatic nitrogens is 4. The lowest BCUT2D eigenvalue weighted by atomic mass is 10.4. The molecule has 0 aliphatic heterocycles. The maximum absolute atomic E-state index is 11.1. The van der Waals surface area contributed by atoms with Crippen molar-refractivity contribution in [2.75, 3.05) is 0 Å². The minimum Gasteiger partial charge on any atom is -0.493 e. The van der Waals surface area contributed by atoms with E-state index in [0.29, 0.717) is 18.1 Å². The van der Waals surface area contributed by atoms with Gasteiger partial charge in [0.15, 0.2) is 5.82 Å². The molecule has 0 saturated heterocycles. The number of aromatic amines is 1. The Hall–Kier alpha value is -2.11. The number of aromatic hydroxyl groups is 1. The molecule has 6 nitrogen and oxygen atoms in total. The Morgan fingerprint density at radius 3 is 3.07 bits per heavy atom. The molecule has 6 heteroatoms. The van der Waals surface area contributed by atoms with Gasteiger partial charge in [-0.1, -0.05) is 0 Å². The number of nitrogens with zero attached hydrogens (tertiary/aromatic N) is 3. The third kappa shape index (κ3) is 1.74. The van der Waals surface area contributed by atoms with Crippen molar-refractivity contribution in [3.05, 3.63) is 28.9 Å². The first-order valence-corrected chi connectivity index (χ1v) is 4.51. The second-order valence-corrected chi connectivity index (χ2v) is 3.02. The largest absolute Gasteiger partial charge is 0.493 e. The number of H-pyrrole nitrogens is 1. The fourth-order valence-electron chi connectivity index (χ4n) is 1.34. The van der Waals surface area contributed by atoms with Crippen LogP contribution in [-0.2, 0) is 6.54 Å². The number of aryl methyl sites for hydroxylation is 1. The van der Waals surface area contributed by atoms with Crippen LogP contribution in [0.1, 0.15) is 6.92 Å². The second-order valence-electron chi connectivity index (χ2n) is 3.02. The third-order valence-electron chi connectivity index (χ3n) is 2.02. The standard InChI is InChI=1S/C9H10N4O2/c1-2-13-5-10-4-6(13)9-11-7(14)3-8(15)12-9/h3-5H,2H2,1H3,(H2,11,12,14,15). The lowest BCUT2D eigenvalue weighted by molar-refractivity contribution is 0.451. The van der Waals surface area contributed by atoms with E-state index in [9.17, 15) is 9.90 Å². The zero-order valence-electron chi connectivity index (χ0n) is 8.14. The van der Waals surface area contributed by atoms with E-state index in [2.05, 4.69) is 15.0 Å². The molecule has 0 bridgehead atoms. The normalized spacial score (nSPS) is 10.5. The van der Waals surface area contributed by atoms with Crippen LogP contribution in [0.3, 0.4) is 0 Å². The first kappa shape index (κ1) is 9.45. The summed E-state index contributed by atoms with van der Waals surface area (Å²) in [7, 11) is 0. The van der Waals surface area contributed by atoms with Gasteiger partial charge in [0.25, 0.3) is 5.56 Å². The van der Waals surface area contributed by atoms with Crippen LogP contribution in [-0.4, -0.2) is 24.6 Å². The third-order valence-corrected chi connectivity index (χ3v) is 2.02. The van der Waals surface area contributed by atoms with Gasteiger partial charge < -0.3 is 14.7 Å². The van der Waals surface area contributed by atoms with Gasteiger partial charge in [-0.2, -0.15) is 4.98 Å². The van der Waals surface area contributed by atoms with Crippen LogP contribution in [0.5, 0.6) is 5.88 Å². The van der Waals surface area contributed by atoms with Gasteiger partial charge in [-0.05, 0) is 6.92 Å². The molecule has 0 unspecified atom stereocenters. The average molecular weight is 206 g/mol. The van der Waals surface area contributed by atoms with Gasteiger partial charge in [0.2, 0.25) is 5.88 Å². The second kappa shape index (κ2) is 3.56. The summed E-state index contributed by atoms with van der Waals surface area (Å²) in [5, 5.41) is 9.20. The summed E-state index contributed by atoms with van der Waals surface area (Å²) in [4.78, 5) is 21.4. The van der Waals surface area contributed by atoms with Crippen LogP contribution in [0, 0.1) is 0 Å². The molecule has 0 atom stereocenters. The van der Waals surface area contributed by atoms with E-state index in [1.807, 2.05) is 11.5 Å². The Labute approximate surface area is 85.3 Å². The van der Waals surface area contributed by atoms with Gasteiger partial charge in [0.1, 0.15) is 5.69 Å². The number of imidazole rings is 1. The van der Waals surface area contributed by atoms with Crippen LogP contribution < -0.4 is 5.56 Å². The Morgan fingerprint density at radius 2 is 2.40 bits per heavy atom. The molecule has 15 heavy (non-hydrogen) atoms. The predicted molar refractivity (Wildman–Crippen MR) is 53.4 cm³/mol. The van der Waals surface area contributed by atoms with Crippen molar-refractivity contribution < 1.29 is 5.11 Å². The Bertz CT molecular complexity index is 529. The lowest BCUT2D eigenvalue weighted by Gasteiger charge is -2.03. The van der Waals surface area contributed by atoms with Gasteiger partial charge in [0, 0.05) is 6.54 Å². The Morgan fingerprint density at radius 1 is 1.60 bits per heavy atom. The van der Waals surface area contributed by atoms with E-state index in [1.165, 1.54) is 0 Å². The SMILES string of the molecule is CCn1cncc1-c1nc(O)cc(=O)[nH]1. The van der Waals surface area contributed by atoms with Crippen molar-refractivity contribution in [2.45, 2.75) is 13.5 Å². The maximum atomic E-state index is 11.1. The minimum atomic E-state index is -0.388. The molecule has 0 aliphatic rings. The Kier molecular flexibility index (Phi) is 2.24. The fraction of sp³-hybridized carbons (Fsp3) is 0.222. The summed E-state index contributed by atoms with van der Waals surface area (Å²) in [5.41, 5.74) is 0.284. The molecule has 0 spiro atoms. The first-order chi connectivity index (χ1) is 7.20. The topological polar surface area (TPSA) is 83.8 Å². The van der Waals surface area contributed by atoms with E-state index in [4.69, 9.17) is 0 Å². The molecule has 0 saturated carbocycles. The van der Waals surface area contributed by atoms with E-state index in [0.717, 1.165) is 6.07 Å². The zero-order chi connectivity index (χ0) is 10.8. The highest BCUT2D eigenvalue weighted by Gasteiger charge is 2.07. The molecular weight excluding hydrogens is 196 g/mol. The molecule has 0 fully saturated rings. The van der Waals surface area contributed by atoms with Crippen LogP contribution >= 0.6 is 0 Å². The van der Waals surface area contributed by atoms with Gasteiger partial charge >= 0.3 is 0 Å². The van der Waals surface area contributed by atoms with Gasteiger partial charge in [-0.25, -0.2) is 4.98 Å². The van der Waals surface area contributed by atoms with Crippen LogP contribution in [0.15, 0.2) is 23.4 Å². The van der Waals surface area contributed by atoms with Crippen molar-refractivity contribution >= 4 is 0 Å². The molecule has 0 aromatic carbocycles. The van der Waals surface area contributed by atoms with Crippen molar-refractivity contribution in [3.63, 3.8) is 0 Å². The summed E-state index contributed by atoms with van der Waals surface area (Å²) >= 11 is 0. The highest BCUT2D eigenvalue weighted by Crippen LogP contribution is 2.14. The number of hydrogen-bond acceptors (Lipinski definition) is 4. The summed E-state index contributed by atoms with van der Waals surface area (Å²) < 4.78 is 1.82. The highest BCUT2D eigenvalue weighted by molar-refractivity contribution is 5.48. The van der Waals surface area contributed by atoms with E-state index >= 15 is 0 Å². The van der Waals surface area contributed by atoms with Gasteiger partial charge in [0.05, 0.1) is 18.6 Å². The van der Waals surface area contributed by atoms with Crippen LogP contribution in [0.4, 0.5) is 0 Å². The minimum absolute atomic E-state index is 0.294. The fourth-order valence-corrected chi connectivity index (χ4v) is 1.34. The average Bonchev–Trinajstić information content (AvgIpc) is 2.63. The molecule has 2 aromatic rings. The predicted octanol–water partition coefficient (Wildman–Crippen LogP) is 0.359. The summed E-state index contributed by atoms with van der Waals surface area (Å²) in [6, 6.07) is 1.02. The maximum Gasteiger partial charge on any atom is 0.255 e. The summed E-state index contributed by atoms with van der Waals surface area (Å²) in [6.07, 6.45) is 3.22. The molecule has 0 amide bonds. The lowest BCUT2D eigenvalue weighted by Crippen LogP contribution is -2.08. The Balaban J connectivity index is 2.58. The van der Waals surface area contributed by atoms with Crippen molar-refractivity contribution in [1.29, 1.82) is 0 Å². The molecule has 2 aromatic heterocycles. The van der Waals surface area contributed by atoms with E-state index in [1.54, 1.807) is 12.5 Å². The van der Waals surface area contributed by atoms with E-state index in [-0.39, 0.29) is 11.4 Å². The molecule has 0 aliphatic carbocycles. The summed E-state index contributed by atoms with van der Waals surface area (Å²) in [5.74, 6) is 0.0250. The zero-order valence-corrected chi connectivity index (χ0v) is 8.14. The molecule has 0 radical (unpaired) electrons. The van der Waals surface area contributed by atoms with Crippen molar-refractivity contribution in [2.24, 2.45) is 0 Å². The number of hydrogen-bond donors (Lipinski definition) is 2.